The maximum absolute atomic E-state index is 10.8. The van der Waals surface area contributed by atoms with Crippen LogP contribution in [0.15, 0.2) is 0 Å². The number of thiol groups is 1. The lowest BCUT2D eigenvalue weighted by molar-refractivity contribution is -0.143. The number of ether oxygens (including phenoxy) is 1. The average molecular weight is 162 g/mol. The van der Waals surface area contributed by atoms with Gasteiger partial charge in [-0.3, -0.25) is 4.79 Å². The molecule has 0 bridgehead atoms. The molecule has 3 heteroatoms. The summed E-state index contributed by atoms with van der Waals surface area (Å²) in [6.45, 7) is 6.01. The highest BCUT2D eigenvalue weighted by atomic mass is 32.1. The quantitative estimate of drug-likeness (QED) is 0.504. The molecule has 0 heterocycles. The maximum atomic E-state index is 10.8. The van der Waals surface area contributed by atoms with Crippen LogP contribution in [0.25, 0.3) is 0 Å². The molecule has 0 amide bonds. The second-order valence-corrected chi connectivity index (χ2v) is 4.00. The van der Waals surface area contributed by atoms with Crippen LogP contribution in [0.1, 0.15) is 27.2 Å². The van der Waals surface area contributed by atoms with Gasteiger partial charge in [-0.2, -0.15) is 12.6 Å². The summed E-state index contributed by atoms with van der Waals surface area (Å²) < 4.78 is 4.47. The number of esters is 1. The molecule has 0 fully saturated rings. The van der Waals surface area contributed by atoms with E-state index >= 15 is 0 Å². The Morgan fingerprint density at radius 1 is 1.60 bits per heavy atom. The molecule has 0 aromatic heterocycles. The smallest absolute Gasteiger partial charge is 0.307 e. The summed E-state index contributed by atoms with van der Waals surface area (Å²) in [4.78, 5) is 10.8. The van der Waals surface area contributed by atoms with Crippen molar-refractivity contribution < 1.29 is 9.53 Å². The maximum Gasteiger partial charge on any atom is 0.307 e. The molecule has 0 rings (SSSR count). The van der Waals surface area contributed by atoms with E-state index in [-0.39, 0.29) is 10.7 Å². The summed E-state index contributed by atoms with van der Waals surface area (Å²) in [5.74, 6) is -0.178. The number of carbonyl (C=O) groups is 1. The van der Waals surface area contributed by atoms with Gasteiger partial charge < -0.3 is 4.74 Å². The molecule has 0 spiro atoms. The first-order chi connectivity index (χ1) is 4.45. The molecule has 0 aliphatic carbocycles. The van der Waals surface area contributed by atoms with Crippen molar-refractivity contribution in [3.05, 3.63) is 0 Å². The molecule has 0 atom stereocenters. The van der Waals surface area contributed by atoms with Crippen LogP contribution >= 0.6 is 12.6 Å². The SMILES string of the molecule is CCOC(=O)CC(C)(C)S. The molecule has 60 valence electrons. The van der Waals surface area contributed by atoms with Crippen LogP contribution in [0.3, 0.4) is 0 Å². The number of carbonyl (C=O) groups excluding carboxylic acids is 1. The molecule has 0 saturated heterocycles. The van der Waals surface area contributed by atoms with Gasteiger partial charge in [-0.15, -0.1) is 0 Å². The lowest BCUT2D eigenvalue weighted by Crippen LogP contribution is -2.18. The zero-order chi connectivity index (χ0) is 8.20. The van der Waals surface area contributed by atoms with E-state index in [0.717, 1.165) is 0 Å². The molecule has 0 N–H and O–H groups in total. The van der Waals surface area contributed by atoms with E-state index in [2.05, 4.69) is 12.6 Å². The second kappa shape index (κ2) is 3.86. The minimum Gasteiger partial charge on any atom is -0.466 e. The Morgan fingerprint density at radius 2 is 2.10 bits per heavy atom. The Labute approximate surface area is 67.4 Å². The second-order valence-electron chi connectivity index (χ2n) is 2.79. The van der Waals surface area contributed by atoms with Crippen molar-refractivity contribution in [2.24, 2.45) is 0 Å². The fourth-order valence-corrected chi connectivity index (χ4v) is 0.694. The minimum absolute atomic E-state index is 0.178. The molecule has 0 saturated carbocycles. The summed E-state index contributed by atoms with van der Waals surface area (Å²) in [5, 5.41) is 0. The van der Waals surface area contributed by atoms with Crippen LogP contribution in [0, 0.1) is 0 Å². The van der Waals surface area contributed by atoms with Crippen molar-refractivity contribution in [2.45, 2.75) is 31.9 Å². The van der Waals surface area contributed by atoms with Gasteiger partial charge in [0, 0.05) is 4.75 Å². The first-order valence-electron chi connectivity index (χ1n) is 3.33. The highest BCUT2D eigenvalue weighted by Crippen LogP contribution is 2.16. The fraction of sp³-hybridized carbons (Fsp3) is 0.857. The molecular weight excluding hydrogens is 148 g/mol. The van der Waals surface area contributed by atoms with Crippen LogP contribution in [0.2, 0.25) is 0 Å². The van der Waals surface area contributed by atoms with E-state index in [0.29, 0.717) is 13.0 Å². The highest BCUT2D eigenvalue weighted by molar-refractivity contribution is 7.81. The van der Waals surface area contributed by atoms with Gasteiger partial charge in [0.1, 0.15) is 0 Å². The van der Waals surface area contributed by atoms with Gasteiger partial charge in [-0.05, 0) is 6.92 Å². The van der Waals surface area contributed by atoms with E-state index in [1.807, 2.05) is 13.8 Å². The van der Waals surface area contributed by atoms with Gasteiger partial charge in [0.25, 0.3) is 0 Å². The van der Waals surface area contributed by atoms with Crippen LogP contribution in [-0.2, 0) is 9.53 Å². The highest BCUT2D eigenvalue weighted by Gasteiger charge is 2.17. The average Bonchev–Trinajstić information content (AvgIpc) is 1.59. The summed E-state index contributed by atoms with van der Waals surface area (Å²) in [6, 6.07) is 0. The third kappa shape index (κ3) is 5.95. The fourth-order valence-electron chi connectivity index (χ4n) is 0.565. The van der Waals surface area contributed by atoms with Crippen molar-refractivity contribution in [1.82, 2.24) is 0 Å². The Balaban J connectivity index is 3.58. The zero-order valence-corrected chi connectivity index (χ0v) is 7.57. The standard InChI is InChI=1S/C7H14O2S/c1-4-9-6(8)5-7(2,3)10/h10H,4-5H2,1-3H3. The molecule has 0 unspecified atom stereocenters. The van der Waals surface area contributed by atoms with E-state index in [1.165, 1.54) is 0 Å². The van der Waals surface area contributed by atoms with Gasteiger partial charge in [-0.1, -0.05) is 13.8 Å². The van der Waals surface area contributed by atoms with Crippen molar-refractivity contribution in [3.63, 3.8) is 0 Å². The summed E-state index contributed by atoms with van der Waals surface area (Å²) >= 11 is 4.19. The molecular formula is C7H14O2S. The van der Waals surface area contributed by atoms with Crippen molar-refractivity contribution in [2.75, 3.05) is 6.61 Å². The van der Waals surface area contributed by atoms with Gasteiger partial charge in [0.05, 0.1) is 13.0 Å². The Morgan fingerprint density at radius 3 is 2.40 bits per heavy atom. The zero-order valence-electron chi connectivity index (χ0n) is 6.68. The third-order valence-corrected chi connectivity index (χ3v) is 1.04. The Bertz CT molecular complexity index is 115. The van der Waals surface area contributed by atoms with E-state index in [9.17, 15) is 4.79 Å². The van der Waals surface area contributed by atoms with Crippen LogP contribution in [0.4, 0.5) is 0 Å². The van der Waals surface area contributed by atoms with E-state index in [4.69, 9.17) is 4.74 Å². The van der Waals surface area contributed by atoms with E-state index in [1.54, 1.807) is 6.92 Å². The topological polar surface area (TPSA) is 26.3 Å². The predicted octanol–water partition coefficient (Wildman–Crippen LogP) is 1.65. The minimum atomic E-state index is -0.258. The van der Waals surface area contributed by atoms with Crippen LogP contribution < -0.4 is 0 Å². The largest absolute Gasteiger partial charge is 0.466 e. The predicted molar refractivity (Wildman–Crippen MR) is 44.3 cm³/mol. The molecule has 0 aliphatic heterocycles. The monoisotopic (exact) mass is 162 g/mol. The first-order valence-corrected chi connectivity index (χ1v) is 3.78. The molecule has 0 aromatic carbocycles. The van der Waals surface area contributed by atoms with Crippen LogP contribution in [0.5, 0.6) is 0 Å². The summed E-state index contributed by atoms with van der Waals surface area (Å²) in [7, 11) is 0. The van der Waals surface area contributed by atoms with Gasteiger partial charge in [-0.25, -0.2) is 0 Å². The number of hydrogen-bond acceptors (Lipinski definition) is 3. The van der Waals surface area contributed by atoms with Crippen LogP contribution in [-0.4, -0.2) is 17.3 Å². The Kier molecular flexibility index (Phi) is 3.79. The summed E-state index contributed by atoms with van der Waals surface area (Å²) in [5.41, 5.74) is 0. The summed E-state index contributed by atoms with van der Waals surface area (Å²) in [6.07, 6.45) is 0.365. The lowest BCUT2D eigenvalue weighted by Gasteiger charge is -2.14. The van der Waals surface area contributed by atoms with Crippen molar-refractivity contribution >= 4 is 18.6 Å². The van der Waals surface area contributed by atoms with Crippen molar-refractivity contribution in [3.8, 4) is 0 Å². The molecule has 0 radical (unpaired) electrons. The molecule has 2 nitrogen and oxygen atoms in total. The van der Waals surface area contributed by atoms with Crippen molar-refractivity contribution in [1.29, 1.82) is 0 Å². The normalized spacial score (nSPS) is 11.2. The third-order valence-electron chi connectivity index (χ3n) is 0.882. The van der Waals surface area contributed by atoms with Gasteiger partial charge >= 0.3 is 5.97 Å². The van der Waals surface area contributed by atoms with E-state index < -0.39 is 0 Å². The number of hydrogen-bond donors (Lipinski definition) is 1. The molecule has 10 heavy (non-hydrogen) atoms. The van der Waals surface area contributed by atoms with Gasteiger partial charge in [0.2, 0.25) is 0 Å². The van der Waals surface area contributed by atoms with Gasteiger partial charge in [0.15, 0.2) is 0 Å². The number of rotatable bonds is 3. The molecule has 0 aliphatic rings. The lowest BCUT2D eigenvalue weighted by atomic mass is 10.1. The molecule has 0 aromatic rings. The Hall–Kier alpha value is -0.180. The first kappa shape index (κ1) is 9.82.